The summed E-state index contributed by atoms with van der Waals surface area (Å²) in [5, 5.41) is 4.16. The van der Waals surface area contributed by atoms with Crippen LogP contribution in [0.5, 0.6) is 0 Å². The Balaban J connectivity index is 2.42. The Labute approximate surface area is 91.9 Å². The quantitative estimate of drug-likeness (QED) is 0.692. The number of hydrogen-bond donors (Lipinski definition) is 0. The fourth-order valence-corrected chi connectivity index (χ4v) is 1.32. The molecule has 2 heterocycles. The highest BCUT2D eigenvalue weighted by Crippen LogP contribution is 2.15. The van der Waals surface area contributed by atoms with Gasteiger partial charge in [-0.2, -0.15) is 5.10 Å². The second kappa shape index (κ2) is 4.09. The van der Waals surface area contributed by atoms with Crippen LogP contribution in [0.15, 0.2) is 24.7 Å². The molecule has 0 aromatic carbocycles. The molecule has 0 saturated heterocycles. The van der Waals surface area contributed by atoms with Gasteiger partial charge in [0, 0.05) is 25.5 Å². The average Bonchev–Trinajstić information content (AvgIpc) is 2.71. The van der Waals surface area contributed by atoms with Crippen molar-refractivity contribution in [3.8, 4) is 11.4 Å². The Hall–Kier alpha value is -2.24. The van der Waals surface area contributed by atoms with Gasteiger partial charge in [-0.25, -0.2) is 4.79 Å². The van der Waals surface area contributed by atoms with Crippen LogP contribution in [0, 0.1) is 0 Å². The van der Waals surface area contributed by atoms with Gasteiger partial charge in [0.15, 0.2) is 0 Å². The van der Waals surface area contributed by atoms with E-state index in [4.69, 9.17) is 0 Å². The molecule has 0 fully saturated rings. The number of ether oxygens (including phenoxy) is 1. The topological polar surface area (TPSA) is 69.9 Å². The first-order chi connectivity index (χ1) is 7.72. The lowest BCUT2D eigenvalue weighted by atomic mass is 10.3. The van der Waals surface area contributed by atoms with E-state index in [1.54, 1.807) is 31.7 Å². The summed E-state index contributed by atoms with van der Waals surface area (Å²) in [6.07, 6.45) is 4.73. The molecule has 2 aromatic heterocycles. The van der Waals surface area contributed by atoms with E-state index in [0.717, 1.165) is 0 Å². The van der Waals surface area contributed by atoms with Crippen LogP contribution in [-0.4, -0.2) is 32.8 Å². The summed E-state index contributed by atoms with van der Waals surface area (Å²) in [4.78, 5) is 19.4. The predicted octanol–water partition coefficient (Wildman–Crippen LogP) is 0.664. The average molecular weight is 218 g/mol. The molecule has 2 aromatic rings. The summed E-state index contributed by atoms with van der Waals surface area (Å²) in [6, 6.07) is 1.62. The monoisotopic (exact) mass is 218 g/mol. The van der Waals surface area contributed by atoms with Crippen molar-refractivity contribution in [2.24, 2.45) is 7.05 Å². The van der Waals surface area contributed by atoms with Gasteiger partial charge in [-0.3, -0.25) is 14.6 Å². The van der Waals surface area contributed by atoms with Gasteiger partial charge in [0.1, 0.15) is 17.1 Å². The zero-order valence-electron chi connectivity index (χ0n) is 8.91. The van der Waals surface area contributed by atoms with Gasteiger partial charge < -0.3 is 4.74 Å². The van der Waals surface area contributed by atoms with E-state index < -0.39 is 5.97 Å². The molecule has 0 aliphatic heterocycles. The number of carbonyl (C=O) groups excluding carboxylic acids is 1. The molecule has 82 valence electrons. The van der Waals surface area contributed by atoms with Crippen molar-refractivity contribution in [2.45, 2.75) is 0 Å². The van der Waals surface area contributed by atoms with E-state index in [-0.39, 0.29) is 0 Å². The van der Waals surface area contributed by atoms with Gasteiger partial charge in [0.25, 0.3) is 0 Å². The first-order valence-corrected chi connectivity index (χ1v) is 4.61. The van der Waals surface area contributed by atoms with E-state index in [9.17, 15) is 4.79 Å². The Morgan fingerprint density at radius 3 is 2.81 bits per heavy atom. The van der Waals surface area contributed by atoms with Crippen molar-refractivity contribution in [2.75, 3.05) is 7.11 Å². The first kappa shape index (κ1) is 10.3. The molecule has 0 atom stereocenters. The normalized spacial score (nSPS) is 10.1. The Morgan fingerprint density at radius 2 is 2.19 bits per heavy atom. The predicted molar refractivity (Wildman–Crippen MR) is 55.6 cm³/mol. The second-order valence-electron chi connectivity index (χ2n) is 3.12. The molecule has 6 nitrogen and oxygen atoms in total. The number of methoxy groups -OCH3 is 1. The van der Waals surface area contributed by atoms with Gasteiger partial charge in [-0.15, -0.1) is 0 Å². The van der Waals surface area contributed by atoms with Crippen molar-refractivity contribution >= 4 is 5.97 Å². The number of nitrogens with zero attached hydrogens (tertiary/aromatic N) is 4. The molecule has 0 aliphatic carbocycles. The van der Waals surface area contributed by atoms with Crippen LogP contribution < -0.4 is 0 Å². The number of aryl methyl sites for hydroxylation is 1. The number of carbonyl (C=O) groups is 1. The van der Waals surface area contributed by atoms with Gasteiger partial charge >= 0.3 is 5.97 Å². The van der Waals surface area contributed by atoms with E-state index in [1.165, 1.54) is 11.8 Å². The van der Waals surface area contributed by atoms with E-state index in [1.807, 2.05) is 0 Å². The molecule has 0 amide bonds. The minimum absolute atomic E-state index is 0.378. The number of rotatable bonds is 2. The van der Waals surface area contributed by atoms with E-state index in [2.05, 4.69) is 19.8 Å². The Kier molecular flexibility index (Phi) is 2.63. The third-order valence-corrected chi connectivity index (χ3v) is 2.10. The highest BCUT2D eigenvalue weighted by Gasteiger charge is 2.14. The zero-order valence-corrected chi connectivity index (χ0v) is 8.91. The van der Waals surface area contributed by atoms with Gasteiger partial charge in [-0.05, 0) is 0 Å². The highest BCUT2D eigenvalue weighted by molar-refractivity contribution is 5.88. The summed E-state index contributed by atoms with van der Waals surface area (Å²) in [5.41, 5.74) is 1.59. The molecule has 0 bridgehead atoms. The summed E-state index contributed by atoms with van der Waals surface area (Å²) in [7, 11) is 3.00. The second-order valence-corrected chi connectivity index (χ2v) is 3.12. The summed E-state index contributed by atoms with van der Waals surface area (Å²) in [6.45, 7) is 0. The lowest BCUT2D eigenvalue weighted by Gasteiger charge is -1.96. The highest BCUT2D eigenvalue weighted by atomic mass is 16.5. The maximum Gasteiger partial charge on any atom is 0.356 e. The van der Waals surface area contributed by atoms with Crippen LogP contribution in [0.25, 0.3) is 11.4 Å². The smallest absolute Gasteiger partial charge is 0.356 e. The van der Waals surface area contributed by atoms with Crippen molar-refractivity contribution < 1.29 is 9.53 Å². The molecule has 16 heavy (non-hydrogen) atoms. The molecule has 6 heteroatoms. The van der Waals surface area contributed by atoms with Gasteiger partial charge in [0.05, 0.1) is 13.3 Å². The molecule has 0 radical (unpaired) electrons. The standard InChI is InChI=1S/C10H10N4O2/c1-14-9(10(15)16-2)5-7(13-14)8-6-11-3-4-12-8/h3-6H,1-2H3. The van der Waals surface area contributed by atoms with Crippen molar-refractivity contribution in [1.82, 2.24) is 19.7 Å². The van der Waals surface area contributed by atoms with Crippen LogP contribution in [-0.2, 0) is 11.8 Å². The van der Waals surface area contributed by atoms with Crippen LogP contribution in [0.2, 0.25) is 0 Å². The van der Waals surface area contributed by atoms with Gasteiger partial charge in [0.2, 0.25) is 0 Å². The molecule has 0 unspecified atom stereocenters. The lowest BCUT2D eigenvalue weighted by molar-refractivity contribution is 0.0588. The van der Waals surface area contributed by atoms with E-state index >= 15 is 0 Å². The van der Waals surface area contributed by atoms with Crippen LogP contribution in [0.4, 0.5) is 0 Å². The Morgan fingerprint density at radius 1 is 1.38 bits per heavy atom. The molecule has 0 saturated carbocycles. The van der Waals surface area contributed by atoms with Crippen LogP contribution in [0.1, 0.15) is 10.5 Å². The minimum Gasteiger partial charge on any atom is -0.464 e. The fourth-order valence-electron chi connectivity index (χ4n) is 1.32. The van der Waals surface area contributed by atoms with Crippen molar-refractivity contribution in [3.63, 3.8) is 0 Å². The molecule has 2 rings (SSSR count). The molecule has 0 aliphatic rings. The maximum atomic E-state index is 11.4. The molecule has 0 N–H and O–H groups in total. The molecular weight excluding hydrogens is 208 g/mol. The van der Waals surface area contributed by atoms with Crippen molar-refractivity contribution in [1.29, 1.82) is 0 Å². The van der Waals surface area contributed by atoms with Gasteiger partial charge in [-0.1, -0.05) is 0 Å². The zero-order chi connectivity index (χ0) is 11.5. The Bertz CT molecular complexity index is 507. The van der Waals surface area contributed by atoms with Crippen LogP contribution >= 0.6 is 0 Å². The maximum absolute atomic E-state index is 11.4. The first-order valence-electron chi connectivity index (χ1n) is 4.61. The van der Waals surface area contributed by atoms with E-state index in [0.29, 0.717) is 17.1 Å². The minimum atomic E-state index is -0.426. The SMILES string of the molecule is COC(=O)c1cc(-c2cnccn2)nn1C. The largest absolute Gasteiger partial charge is 0.464 e. The third-order valence-electron chi connectivity index (χ3n) is 2.10. The fraction of sp³-hybridized carbons (Fsp3) is 0.200. The third kappa shape index (κ3) is 1.77. The lowest BCUT2D eigenvalue weighted by Crippen LogP contribution is -2.07. The number of aromatic nitrogens is 4. The molecular formula is C10H10N4O2. The summed E-state index contributed by atoms with van der Waals surface area (Å²) < 4.78 is 6.08. The number of esters is 1. The van der Waals surface area contributed by atoms with Crippen LogP contribution in [0.3, 0.4) is 0 Å². The summed E-state index contributed by atoms with van der Waals surface area (Å²) in [5.74, 6) is -0.426. The molecule has 0 spiro atoms. The van der Waals surface area contributed by atoms with Crippen molar-refractivity contribution in [3.05, 3.63) is 30.4 Å². The number of hydrogen-bond acceptors (Lipinski definition) is 5. The summed E-state index contributed by atoms with van der Waals surface area (Å²) >= 11 is 0.